The number of aliphatic hydroxyl groups is 8. The zero-order valence-electron chi connectivity index (χ0n) is 38.6. The first-order chi connectivity index (χ1) is 30.6. The minimum absolute atomic E-state index is 0.256. The van der Waals surface area contributed by atoms with Gasteiger partial charge in [-0.1, -0.05) is 140 Å². The minimum atomic E-state index is -1.79. The Labute approximate surface area is 378 Å². The van der Waals surface area contributed by atoms with Gasteiger partial charge < -0.3 is 65.1 Å². The molecule has 2 saturated heterocycles. The summed E-state index contributed by atoms with van der Waals surface area (Å²) in [7, 11) is 0. The highest BCUT2D eigenvalue weighted by Gasteiger charge is 2.51. The van der Waals surface area contributed by atoms with E-state index < -0.39 is 86.8 Å². The average Bonchev–Trinajstić information content (AvgIpc) is 3.28. The van der Waals surface area contributed by atoms with Gasteiger partial charge in [0.2, 0.25) is 5.91 Å². The first-order valence-electron chi connectivity index (χ1n) is 24.4. The zero-order chi connectivity index (χ0) is 46.1. The number of carbonyl (C=O) groups is 1. The Kier molecular flexibility index (Phi) is 32.7. The van der Waals surface area contributed by atoms with Gasteiger partial charge in [-0.15, -0.1) is 0 Å². The van der Waals surface area contributed by atoms with Gasteiger partial charge in [-0.3, -0.25) is 4.79 Å². The molecule has 12 atom stereocenters. The molecule has 2 aliphatic rings. The molecule has 0 aliphatic carbocycles. The van der Waals surface area contributed by atoms with E-state index in [-0.39, 0.29) is 18.9 Å². The van der Waals surface area contributed by atoms with Crippen molar-refractivity contribution in [2.45, 2.75) is 235 Å². The molecular formula is C49H87NO13. The van der Waals surface area contributed by atoms with Crippen molar-refractivity contribution in [3.8, 4) is 0 Å². The van der Waals surface area contributed by atoms with Crippen LogP contribution in [0.1, 0.15) is 162 Å². The molecule has 9 N–H and O–H groups in total. The fourth-order valence-electron chi connectivity index (χ4n) is 7.69. The Morgan fingerprint density at radius 3 is 1.68 bits per heavy atom. The van der Waals surface area contributed by atoms with E-state index in [1.54, 1.807) is 6.08 Å². The first kappa shape index (κ1) is 57.1. The molecule has 366 valence electrons. The van der Waals surface area contributed by atoms with Gasteiger partial charge in [0.25, 0.3) is 0 Å². The topological polar surface area (TPSA) is 228 Å². The number of nitrogens with one attached hydrogen (secondary N) is 1. The molecular weight excluding hydrogens is 811 g/mol. The highest BCUT2D eigenvalue weighted by molar-refractivity contribution is 5.76. The maximum Gasteiger partial charge on any atom is 0.220 e. The number of hydrogen-bond acceptors (Lipinski definition) is 13. The van der Waals surface area contributed by atoms with Crippen LogP contribution >= 0.6 is 0 Å². The van der Waals surface area contributed by atoms with Crippen molar-refractivity contribution >= 4 is 5.91 Å². The summed E-state index contributed by atoms with van der Waals surface area (Å²) >= 11 is 0. The number of aliphatic hydroxyl groups excluding tert-OH is 8. The van der Waals surface area contributed by atoms with Crippen molar-refractivity contribution in [3.63, 3.8) is 0 Å². The molecule has 1 amide bonds. The van der Waals surface area contributed by atoms with Gasteiger partial charge in [-0.25, -0.2) is 0 Å². The van der Waals surface area contributed by atoms with E-state index in [1.165, 1.54) is 70.6 Å². The van der Waals surface area contributed by atoms with Gasteiger partial charge in [0.05, 0.1) is 32.0 Å². The van der Waals surface area contributed by atoms with Crippen LogP contribution in [-0.4, -0.2) is 140 Å². The number of ether oxygens (including phenoxy) is 4. The lowest BCUT2D eigenvalue weighted by Crippen LogP contribution is -2.65. The Hall–Kier alpha value is -2.05. The summed E-state index contributed by atoms with van der Waals surface area (Å²) < 4.78 is 22.6. The SMILES string of the molecule is CCCCC/C=C\C/C=C\CCCCCCCC(=O)NC(COC1OC(CO)C(OC2OC(CO)C(O)C(O)C2O)C(O)C1O)C(O)/C=C/CC/C=C/CCCCCCCCCC. The fraction of sp³-hybridized carbons (Fsp3) is 0.816. The standard InChI is InChI=1S/C49H87NO13/c1-3-5-7-9-11-13-15-17-19-21-23-25-27-29-31-33-41(54)50-37(38(53)32-30-28-26-24-22-20-18-16-14-12-10-8-6-4-2)36-60-48-46(59)44(57)47(40(35-52)62-48)63-49-45(58)43(56)42(55)39(34-51)61-49/h11,13,17,19,22,24,30,32,37-40,42-49,51-53,55-59H,3-10,12,14-16,18,20-21,23,25-29,31,33-36H2,1-2H3,(H,50,54)/b13-11-,19-17-,24-22+,32-30+. The highest BCUT2D eigenvalue weighted by Crippen LogP contribution is 2.30. The summed E-state index contributed by atoms with van der Waals surface area (Å²) in [5.41, 5.74) is 0. The molecule has 0 aromatic rings. The van der Waals surface area contributed by atoms with E-state index in [0.717, 1.165) is 57.8 Å². The van der Waals surface area contributed by atoms with Gasteiger partial charge in [0.1, 0.15) is 48.8 Å². The molecule has 2 aliphatic heterocycles. The van der Waals surface area contributed by atoms with Crippen molar-refractivity contribution in [3.05, 3.63) is 48.6 Å². The van der Waals surface area contributed by atoms with Gasteiger partial charge in [0.15, 0.2) is 12.6 Å². The Balaban J connectivity index is 1.90. The lowest BCUT2D eigenvalue weighted by Gasteiger charge is -2.46. The molecule has 0 aromatic heterocycles. The molecule has 14 heteroatoms. The largest absolute Gasteiger partial charge is 0.394 e. The van der Waals surface area contributed by atoms with E-state index in [4.69, 9.17) is 18.9 Å². The van der Waals surface area contributed by atoms with Gasteiger partial charge in [-0.05, 0) is 64.2 Å². The molecule has 0 aromatic carbocycles. The monoisotopic (exact) mass is 898 g/mol. The van der Waals surface area contributed by atoms with Crippen molar-refractivity contribution in [1.29, 1.82) is 0 Å². The van der Waals surface area contributed by atoms with Gasteiger partial charge in [0, 0.05) is 6.42 Å². The van der Waals surface area contributed by atoms with E-state index >= 15 is 0 Å². The van der Waals surface area contributed by atoms with Crippen molar-refractivity contribution < 1.29 is 64.6 Å². The van der Waals surface area contributed by atoms with Crippen LogP contribution in [0.5, 0.6) is 0 Å². The Morgan fingerprint density at radius 2 is 1.06 bits per heavy atom. The van der Waals surface area contributed by atoms with Crippen LogP contribution < -0.4 is 5.32 Å². The third-order valence-corrected chi connectivity index (χ3v) is 11.7. The molecule has 2 rings (SSSR count). The van der Waals surface area contributed by atoms with Crippen molar-refractivity contribution in [1.82, 2.24) is 5.32 Å². The number of carbonyl (C=O) groups excluding carboxylic acids is 1. The molecule has 2 heterocycles. The van der Waals surface area contributed by atoms with Crippen LogP contribution in [0.2, 0.25) is 0 Å². The number of hydrogen-bond donors (Lipinski definition) is 9. The van der Waals surface area contributed by atoms with Crippen molar-refractivity contribution in [2.75, 3.05) is 19.8 Å². The number of amides is 1. The molecule has 0 spiro atoms. The summed E-state index contributed by atoms with van der Waals surface area (Å²) in [5.74, 6) is -0.267. The van der Waals surface area contributed by atoms with Crippen LogP contribution in [-0.2, 0) is 23.7 Å². The smallest absolute Gasteiger partial charge is 0.220 e. The third-order valence-electron chi connectivity index (χ3n) is 11.7. The summed E-state index contributed by atoms with van der Waals surface area (Å²) in [4.78, 5) is 13.1. The second-order valence-corrected chi connectivity index (χ2v) is 17.2. The maximum absolute atomic E-state index is 13.1. The van der Waals surface area contributed by atoms with E-state index in [0.29, 0.717) is 12.8 Å². The van der Waals surface area contributed by atoms with Gasteiger partial charge in [-0.2, -0.15) is 0 Å². The second-order valence-electron chi connectivity index (χ2n) is 17.2. The molecule has 14 nitrogen and oxygen atoms in total. The Bertz CT molecular complexity index is 1250. The second kappa shape index (κ2) is 36.1. The summed E-state index contributed by atoms with van der Waals surface area (Å²) in [6, 6.07) is -0.937. The van der Waals surface area contributed by atoms with Gasteiger partial charge >= 0.3 is 0 Å². The minimum Gasteiger partial charge on any atom is -0.394 e. The zero-order valence-corrected chi connectivity index (χ0v) is 38.6. The third kappa shape index (κ3) is 23.8. The fourth-order valence-corrected chi connectivity index (χ4v) is 7.69. The highest BCUT2D eigenvalue weighted by atomic mass is 16.7. The van der Waals surface area contributed by atoms with Crippen LogP contribution in [0.15, 0.2) is 48.6 Å². The summed E-state index contributed by atoms with van der Waals surface area (Å²) in [5, 5.41) is 86.6. The number of unbranched alkanes of at least 4 members (excludes halogenated alkanes) is 17. The average molecular weight is 898 g/mol. The molecule has 0 saturated carbocycles. The van der Waals surface area contributed by atoms with E-state index in [9.17, 15) is 45.6 Å². The van der Waals surface area contributed by atoms with Crippen LogP contribution in [0.25, 0.3) is 0 Å². The lowest BCUT2D eigenvalue weighted by atomic mass is 9.97. The van der Waals surface area contributed by atoms with E-state index in [2.05, 4.69) is 55.6 Å². The van der Waals surface area contributed by atoms with Crippen LogP contribution in [0.3, 0.4) is 0 Å². The normalized spacial score (nSPS) is 27.9. The molecule has 63 heavy (non-hydrogen) atoms. The molecule has 12 unspecified atom stereocenters. The lowest BCUT2D eigenvalue weighted by molar-refractivity contribution is -0.359. The summed E-state index contributed by atoms with van der Waals surface area (Å²) in [6.07, 6.45) is 24.4. The predicted molar refractivity (Wildman–Crippen MR) is 244 cm³/mol. The molecule has 0 radical (unpaired) electrons. The van der Waals surface area contributed by atoms with E-state index in [1.807, 2.05) is 6.08 Å². The number of allylic oxidation sites excluding steroid dienone is 7. The van der Waals surface area contributed by atoms with Crippen LogP contribution in [0, 0.1) is 0 Å². The maximum atomic E-state index is 13.1. The molecule has 0 bridgehead atoms. The first-order valence-corrected chi connectivity index (χ1v) is 24.4. The Morgan fingerprint density at radius 1 is 0.571 bits per heavy atom. The quantitative estimate of drug-likeness (QED) is 0.0272. The van der Waals surface area contributed by atoms with Crippen molar-refractivity contribution in [2.24, 2.45) is 0 Å². The number of rotatable bonds is 36. The molecule has 2 fully saturated rings. The van der Waals surface area contributed by atoms with Crippen LogP contribution in [0.4, 0.5) is 0 Å². The summed E-state index contributed by atoms with van der Waals surface area (Å²) in [6.45, 7) is 2.70. The predicted octanol–water partition coefficient (Wildman–Crippen LogP) is 5.71.